The second-order valence-electron chi connectivity index (χ2n) is 6.09. The fraction of sp³-hybridized carbons (Fsp3) is 0.556. The van der Waals surface area contributed by atoms with Crippen LogP contribution in [0.5, 0.6) is 5.75 Å². The van der Waals surface area contributed by atoms with Crippen LogP contribution in [0.2, 0.25) is 0 Å². The molecule has 2 rings (SSSR count). The maximum Gasteiger partial charge on any atom is 0.422 e. The zero-order valence-electron chi connectivity index (χ0n) is 16.0. The number of benzene rings is 1. The van der Waals surface area contributed by atoms with Gasteiger partial charge in [0.25, 0.3) is 0 Å². The molecule has 0 radical (unpaired) electrons. The van der Waals surface area contributed by atoms with Gasteiger partial charge in [-0.2, -0.15) is 13.2 Å². The zero-order valence-corrected chi connectivity index (χ0v) is 16.0. The topological polar surface area (TPSA) is 66.4 Å². The van der Waals surface area contributed by atoms with Crippen LogP contribution in [0.25, 0.3) is 0 Å². The molecule has 0 saturated carbocycles. The summed E-state index contributed by atoms with van der Waals surface area (Å²) in [4.78, 5) is 19.6. The number of amides is 1. The van der Waals surface area contributed by atoms with Gasteiger partial charge in [-0.25, -0.2) is 4.79 Å². The van der Waals surface area contributed by atoms with Crippen LogP contribution in [-0.2, 0) is 11.3 Å². The number of rotatable bonds is 5. The molecule has 0 aromatic heterocycles. The Hall–Kier alpha value is -2.65. The van der Waals surface area contributed by atoms with Crippen molar-refractivity contribution in [2.45, 2.75) is 19.6 Å². The van der Waals surface area contributed by atoms with Gasteiger partial charge in [0.05, 0.1) is 6.61 Å². The number of para-hydroxylation sites is 1. The van der Waals surface area contributed by atoms with Crippen LogP contribution in [0.3, 0.4) is 0 Å². The summed E-state index contributed by atoms with van der Waals surface area (Å²) < 4.78 is 47.2. The fourth-order valence-electron chi connectivity index (χ4n) is 2.77. The van der Waals surface area contributed by atoms with Crippen molar-refractivity contribution in [2.24, 2.45) is 4.99 Å². The number of aliphatic imine (C=N–C) groups is 1. The first-order valence-electron chi connectivity index (χ1n) is 8.98. The Balaban J connectivity index is 1.91. The van der Waals surface area contributed by atoms with Gasteiger partial charge in [-0.1, -0.05) is 18.2 Å². The van der Waals surface area contributed by atoms with Crippen molar-refractivity contribution in [1.82, 2.24) is 15.1 Å². The molecule has 7 nitrogen and oxygen atoms in total. The number of hydrogen-bond donors (Lipinski definition) is 1. The van der Waals surface area contributed by atoms with Gasteiger partial charge in [-0.05, 0) is 13.0 Å². The van der Waals surface area contributed by atoms with Crippen LogP contribution < -0.4 is 10.1 Å². The molecule has 10 heteroatoms. The first kappa shape index (κ1) is 21.6. The van der Waals surface area contributed by atoms with Crippen molar-refractivity contribution < 1.29 is 27.4 Å². The smallest absolute Gasteiger partial charge is 0.422 e. The molecular weight excluding hydrogens is 377 g/mol. The maximum atomic E-state index is 12.4. The van der Waals surface area contributed by atoms with Crippen LogP contribution in [0.1, 0.15) is 12.5 Å². The van der Waals surface area contributed by atoms with Crippen LogP contribution in [0.15, 0.2) is 29.3 Å². The molecule has 156 valence electrons. The second-order valence-corrected chi connectivity index (χ2v) is 6.09. The summed E-state index contributed by atoms with van der Waals surface area (Å²) in [7, 11) is 1.63. The largest absolute Gasteiger partial charge is 0.484 e. The quantitative estimate of drug-likeness (QED) is 0.606. The number of alkyl halides is 3. The van der Waals surface area contributed by atoms with Crippen molar-refractivity contribution in [1.29, 1.82) is 0 Å². The molecule has 1 aromatic rings. The molecule has 1 heterocycles. The highest BCUT2D eigenvalue weighted by molar-refractivity contribution is 5.80. The number of carbonyl (C=O) groups excluding carboxylic acids is 1. The van der Waals surface area contributed by atoms with E-state index in [4.69, 9.17) is 9.47 Å². The van der Waals surface area contributed by atoms with E-state index in [1.54, 1.807) is 37.1 Å². The summed E-state index contributed by atoms with van der Waals surface area (Å²) in [5.41, 5.74) is 0.595. The molecule has 1 N–H and O–H groups in total. The van der Waals surface area contributed by atoms with Gasteiger partial charge < -0.3 is 24.6 Å². The Kier molecular flexibility index (Phi) is 7.77. The van der Waals surface area contributed by atoms with Crippen LogP contribution in [-0.4, -0.2) is 74.5 Å². The molecule has 0 spiro atoms. The third-order valence-electron chi connectivity index (χ3n) is 4.12. The van der Waals surface area contributed by atoms with Gasteiger partial charge in [-0.15, -0.1) is 0 Å². The minimum absolute atomic E-state index is 0.176. The van der Waals surface area contributed by atoms with Crippen LogP contribution >= 0.6 is 0 Å². The van der Waals surface area contributed by atoms with E-state index in [9.17, 15) is 18.0 Å². The van der Waals surface area contributed by atoms with Gasteiger partial charge >= 0.3 is 12.3 Å². The third-order valence-corrected chi connectivity index (χ3v) is 4.12. The lowest BCUT2D eigenvalue weighted by molar-refractivity contribution is -0.153. The lowest BCUT2D eigenvalue weighted by atomic mass is 10.2. The van der Waals surface area contributed by atoms with Crippen LogP contribution in [0, 0.1) is 0 Å². The molecule has 1 aliphatic rings. The molecule has 0 unspecified atom stereocenters. The number of carbonyl (C=O) groups is 1. The number of piperazine rings is 1. The van der Waals surface area contributed by atoms with Crippen molar-refractivity contribution in [3.63, 3.8) is 0 Å². The highest BCUT2D eigenvalue weighted by atomic mass is 19.4. The number of hydrogen-bond acceptors (Lipinski definition) is 4. The molecule has 0 bridgehead atoms. The summed E-state index contributed by atoms with van der Waals surface area (Å²) in [5, 5.41) is 3.14. The van der Waals surface area contributed by atoms with Gasteiger partial charge in [0.15, 0.2) is 12.6 Å². The average molecular weight is 402 g/mol. The van der Waals surface area contributed by atoms with Gasteiger partial charge in [0.2, 0.25) is 0 Å². The van der Waals surface area contributed by atoms with E-state index in [1.165, 1.54) is 6.07 Å². The van der Waals surface area contributed by atoms with Crippen LogP contribution in [0.4, 0.5) is 18.0 Å². The molecule has 0 aliphatic carbocycles. The molecular formula is C18H25F3N4O3. The zero-order chi connectivity index (χ0) is 20.6. The third kappa shape index (κ3) is 6.50. The van der Waals surface area contributed by atoms with Crippen molar-refractivity contribution in [2.75, 3.05) is 46.4 Å². The van der Waals surface area contributed by atoms with Crippen molar-refractivity contribution >= 4 is 12.1 Å². The van der Waals surface area contributed by atoms with E-state index in [0.29, 0.717) is 44.3 Å². The molecule has 0 atom stereocenters. The molecule has 1 aliphatic heterocycles. The standard InChI is InChI=1S/C18H25F3N4O3/c1-3-27-17(26)25-10-8-24(9-11-25)16(22-2)23-12-14-6-4-5-7-15(14)28-13-18(19,20)21/h4-7H,3,8-13H2,1-2H3,(H,22,23). The van der Waals surface area contributed by atoms with E-state index < -0.39 is 12.8 Å². The Morgan fingerprint density at radius 2 is 1.82 bits per heavy atom. The minimum Gasteiger partial charge on any atom is -0.484 e. The van der Waals surface area contributed by atoms with E-state index in [2.05, 4.69) is 10.3 Å². The lowest BCUT2D eigenvalue weighted by Crippen LogP contribution is -2.53. The highest BCUT2D eigenvalue weighted by Gasteiger charge is 2.29. The number of guanidine groups is 1. The summed E-state index contributed by atoms with van der Waals surface area (Å²) in [6.07, 6.45) is -4.73. The molecule has 1 amide bonds. The summed E-state index contributed by atoms with van der Waals surface area (Å²) in [6, 6.07) is 6.56. The number of nitrogens with one attached hydrogen (secondary N) is 1. The predicted octanol–water partition coefficient (Wildman–Crippen LogP) is 2.48. The SMILES string of the molecule is CCOC(=O)N1CCN(C(=NC)NCc2ccccc2OCC(F)(F)F)CC1. The lowest BCUT2D eigenvalue weighted by Gasteiger charge is -2.35. The number of halogens is 3. The van der Waals surface area contributed by atoms with Crippen molar-refractivity contribution in [3.8, 4) is 5.75 Å². The predicted molar refractivity (Wildman–Crippen MR) is 98.4 cm³/mol. The molecule has 1 aromatic carbocycles. The minimum atomic E-state index is -4.39. The highest BCUT2D eigenvalue weighted by Crippen LogP contribution is 2.22. The summed E-state index contributed by atoms with van der Waals surface area (Å²) in [5.74, 6) is 0.782. The second kappa shape index (κ2) is 10.0. The van der Waals surface area contributed by atoms with Gasteiger partial charge in [-0.3, -0.25) is 4.99 Å². The van der Waals surface area contributed by atoms with E-state index in [0.717, 1.165) is 0 Å². The number of ether oxygens (including phenoxy) is 2. The van der Waals surface area contributed by atoms with E-state index >= 15 is 0 Å². The van der Waals surface area contributed by atoms with Gasteiger partial charge in [0, 0.05) is 45.3 Å². The Morgan fingerprint density at radius 1 is 1.18 bits per heavy atom. The Labute approximate surface area is 162 Å². The van der Waals surface area contributed by atoms with Crippen molar-refractivity contribution in [3.05, 3.63) is 29.8 Å². The monoisotopic (exact) mass is 402 g/mol. The Morgan fingerprint density at radius 3 is 2.43 bits per heavy atom. The molecule has 1 saturated heterocycles. The first-order chi connectivity index (χ1) is 13.3. The van der Waals surface area contributed by atoms with E-state index in [-0.39, 0.29) is 18.4 Å². The Bertz CT molecular complexity index is 674. The van der Waals surface area contributed by atoms with Gasteiger partial charge in [0.1, 0.15) is 5.75 Å². The normalized spacial score (nSPS) is 15.4. The molecule has 28 heavy (non-hydrogen) atoms. The maximum absolute atomic E-state index is 12.4. The summed E-state index contributed by atoms with van der Waals surface area (Å²) >= 11 is 0. The van der Waals surface area contributed by atoms with E-state index in [1.807, 2.05) is 4.90 Å². The summed E-state index contributed by atoms with van der Waals surface area (Å²) in [6.45, 7) is 3.17. The molecule has 1 fully saturated rings. The number of nitrogens with zero attached hydrogens (tertiary/aromatic N) is 3. The fourth-order valence-corrected chi connectivity index (χ4v) is 2.77. The average Bonchev–Trinajstić information content (AvgIpc) is 2.67. The first-order valence-corrected chi connectivity index (χ1v) is 8.98.